The van der Waals surface area contributed by atoms with Crippen LogP contribution in [0.25, 0.3) is 0 Å². The Morgan fingerprint density at radius 1 is 1.07 bits per heavy atom. The standard InChI is InChI=1S/C19H16Cl2N4O2/c1-11-2-4-13(5-3-11)24-19(26)25-16-9-14(6-7-15(16)21)27-17-8-12(20)10-23-18(17)22/h2-10H,1H3,(H2,22,23)(H2,24,25,26). The van der Waals surface area contributed by atoms with Crippen LogP contribution in [0.3, 0.4) is 0 Å². The fourth-order valence-electron chi connectivity index (χ4n) is 2.23. The number of hydrogen-bond acceptors (Lipinski definition) is 4. The van der Waals surface area contributed by atoms with E-state index in [1.807, 2.05) is 31.2 Å². The normalized spacial score (nSPS) is 10.3. The molecule has 4 N–H and O–H groups in total. The summed E-state index contributed by atoms with van der Waals surface area (Å²) < 4.78 is 5.70. The zero-order valence-corrected chi connectivity index (χ0v) is 15.8. The van der Waals surface area contributed by atoms with Gasteiger partial charge in [-0.05, 0) is 31.2 Å². The second kappa shape index (κ2) is 8.16. The molecule has 0 aliphatic heterocycles. The predicted octanol–water partition coefficient (Wildman–Crippen LogP) is 5.72. The number of nitrogens with zero attached hydrogens (tertiary/aromatic N) is 1. The van der Waals surface area contributed by atoms with Gasteiger partial charge < -0.3 is 21.1 Å². The minimum absolute atomic E-state index is 0.195. The van der Waals surface area contributed by atoms with Gasteiger partial charge in [0, 0.05) is 24.0 Å². The summed E-state index contributed by atoms with van der Waals surface area (Å²) in [4.78, 5) is 16.1. The van der Waals surface area contributed by atoms with Crippen molar-refractivity contribution in [3.8, 4) is 11.5 Å². The molecule has 0 aliphatic carbocycles. The van der Waals surface area contributed by atoms with Crippen molar-refractivity contribution in [3.05, 3.63) is 70.3 Å². The highest BCUT2D eigenvalue weighted by molar-refractivity contribution is 6.33. The van der Waals surface area contributed by atoms with Gasteiger partial charge in [-0.25, -0.2) is 9.78 Å². The molecule has 0 unspecified atom stereocenters. The van der Waals surface area contributed by atoms with Gasteiger partial charge in [0.25, 0.3) is 0 Å². The molecule has 0 spiro atoms. The van der Waals surface area contributed by atoms with Crippen molar-refractivity contribution in [2.45, 2.75) is 6.92 Å². The molecule has 0 atom stereocenters. The zero-order chi connectivity index (χ0) is 19.4. The Hall–Kier alpha value is -2.96. The van der Waals surface area contributed by atoms with Gasteiger partial charge in [0.2, 0.25) is 0 Å². The van der Waals surface area contributed by atoms with E-state index < -0.39 is 6.03 Å². The maximum absolute atomic E-state index is 12.2. The monoisotopic (exact) mass is 402 g/mol. The number of aryl methyl sites for hydroxylation is 1. The first kappa shape index (κ1) is 18.8. The molecule has 0 aliphatic rings. The Morgan fingerprint density at radius 2 is 1.81 bits per heavy atom. The van der Waals surface area contributed by atoms with Crippen LogP contribution in [0, 0.1) is 6.92 Å². The lowest BCUT2D eigenvalue weighted by molar-refractivity contribution is 0.262. The van der Waals surface area contributed by atoms with Crippen molar-refractivity contribution in [1.82, 2.24) is 4.98 Å². The van der Waals surface area contributed by atoms with Crippen LogP contribution >= 0.6 is 23.2 Å². The highest BCUT2D eigenvalue weighted by Gasteiger charge is 2.10. The predicted molar refractivity (Wildman–Crippen MR) is 109 cm³/mol. The first-order valence-corrected chi connectivity index (χ1v) is 8.69. The number of amides is 2. The molecule has 0 radical (unpaired) electrons. The summed E-state index contributed by atoms with van der Waals surface area (Å²) in [5, 5.41) is 6.18. The maximum Gasteiger partial charge on any atom is 0.323 e. The molecular formula is C19H16Cl2N4O2. The number of pyridine rings is 1. The SMILES string of the molecule is Cc1ccc(NC(=O)Nc2cc(Oc3cc(Cl)cnc3N)ccc2Cl)cc1. The molecule has 1 aromatic heterocycles. The number of carbonyl (C=O) groups excluding carboxylic acids is 1. The Morgan fingerprint density at radius 3 is 2.56 bits per heavy atom. The summed E-state index contributed by atoms with van der Waals surface area (Å²) in [5.41, 5.74) is 7.93. The van der Waals surface area contributed by atoms with E-state index in [1.54, 1.807) is 24.3 Å². The number of halogens is 2. The van der Waals surface area contributed by atoms with E-state index in [-0.39, 0.29) is 5.82 Å². The van der Waals surface area contributed by atoms with Crippen LogP contribution in [0.2, 0.25) is 10.0 Å². The molecule has 2 amide bonds. The average Bonchev–Trinajstić information content (AvgIpc) is 2.63. The minimum atomic E-state index is -0.429. The summed E-state index contributed by atoms with van der Waals surface area (Å²) in [6, 6.07) is 13.4. The maximum atomic E-state index is 12.2. The number of ether oxygens (including phenoxy) is 1. The quantitative estimate of drug-likeness (QED) is 0.520. The van der Waals surface area contributed by atoms with Crippen molar-refractivity contribution in [3.63, 3.8) is 0 Å². The van der Waals surface area contributed by atoms with Crippen LogP contribution in [0.4, 0.5) is 22.0 Å². The van der Waals surface area contributed by atoms with Crippen molar-refractivity contribution < 1.29 is 9.53 Å². The number of anilines is 3. The van der Waals surface area contributed by atoms with E-state index in [2.05, 4.69) is 15.6 Å². The second-order valence-corrected chi connectivity index (χ2v) is 6.57. The molecule has 0 saturated heterocycles. The van der Waals surface area contributed by atoms with Crippen LogP contribution in [-0.2, 0) is 0 Å². The lowest BCUT2D eigenvalue weighted by Gasteiger charge is -2.12. The van der Waals surface area contributed by atoms with E-state index in [4.69, 9.17) is 33.7 Å². The molecule has 138 valence electrons. The molecule has 8 heteroatoms. The zero-order valence-electron chi connectivity index (χ0n) is 14.3. The number of carbonyl (C=O) groups is 1. The molecule has 6 nitrogen and oxygen atoms in total. The van der Waals surface area contributed by atoms with Crippen molar-refractivity contribution in [2.75, 3.05) is 16.4 Å². The van der Waals surface area contributed by atoms with Crippen LogP contribution < -0.4 is 21.1 Å². The van der Waals surface area contributed by atoms with Gasteiger partial charge >= 0.3 is 6.03 Å². The van der Waals surface area contributed by atoms with Crippen molar-refractivity contribution >= 4 is 46.4 Å². The number of hydrogen-bond donors (Lipinski definition) is 3. The lowest BCUT2D eigenvalue weighted by Crippen LogP contribution is -2.19. The largest absolute Gasteiger partial charge is 0.453 e. The van der Waals surface area contributed by atoms with E-state index in [0.29, 0.717) is 32.9 Å². The molecule has 27 heavy (non-hydrogen) atoms. The molecule has 0 fully saturated rings. The van der Waals surface area contributed by atoms with E-state index in [1.165, 1.54) is 6.20 Å². The van der Waals surface area contributed by atoms with Gasteiger partial charge in [-0.3, -0.25) is 0 Å². The van der Waals surface area contributed by atoms with Crippen molar-refractivity contribution in [2.24, 2.45) is 0 Å². The van der Waals surface area contributed by atoms with Gasteiger partial charge in [0.1, 0.15) is 5.75 Å². The van der Waals surface area contributed by atoms with E-state index >= 15 is 0 Å². The topological polar surface area (TPSA) is 89.3 Å². The number of nitrogen functional groups attached to an aromatic ring is 1. The van der Waals surface area contributed by atoms with E-state index in [9.17, 15) is 4.79 Å². The third-order valence-electron chi connectivity index (χ3n) is 3.57. The van der Waals surface area contributed by atoms with Gasteiger partial charge in [0.05, 0.1) is 15.7 Å². The third kappa shape index (κ3) is 5.03. The van der Waals surface area contributed by atoms with Crippen molar-refractivity contribution in [1.29, 1.82) is 0 Å². The number of aromatic nitrogens is 1. The Balaban J connectivity index is 1.74. The van der Waals surface area contributed by atoms with Gasteiger partial charge in [-0.2, -0.15) is 0 Å². The fourth-order valence-corrected chi connectivity index (χ4v) is 2.54. The average molecular weight is 403 g/mol. The minimum Gasteiger partial charge on any atom is -0.453 e. The Bertz CT molecular complexity index is 978. The fraction of sp³-hybridized carbons (Fsp3) is 0.0526. The summed E-state index contributed by atoms with van der Waals surface area (Å²) in [6.07, 6.45) is 1.42. The van der Waals surface area contributed by atoms with Gasteiger partial charge in [0.15, 0.2) is 11.6 Å². The number of nitrogens with two attached hydrogens (primary N) is 1. The molecule has 0 saturated carbocycles. The molecular weight excluding hydrogens is 387 g/mol. The van der Waals surface area contributed by atoms with E-state index in [0.717, 1.165) is 5.56 Å². The highest BCUT2D eigenvalue weighted by atomic mass is 35.5. The number of benzene rings is 2. The molecule has 1 heterocycles. The number of urea groups is 1. The van der Waals surface area contributed by atoms with Crippen LogP contribution in [0.5, 0.6) is 11.5 Å². The molecule has 0 bridgehead atoms. The molecule has 3 rings (SSSR count). The summed E-state index contributed by atoms with van der Waals surface area (Å²) in [6.45, 7) is 1.97. The smallest absolute Gasteiger partial charge is 0.323 e. The van der Waals surface area contributed by atoms with Gasteiger partial charge in [-0.15, -0.1) is 0 Å². The Labute approximate surface area is 166 Å². The summed E-state index contributed by atoms with van der Waals surface area (Å²) in [5.74, 6) is 0.918. The summed E-state index contributed by atoms with van der Waals surface area (Å²) >= 11 is 12.1. The molecule has 3 aromatic rings. The number of rotatable bonds is 4. The third-order valence-corrected chi connectivity index (χ3v) is 4.11. The lowest BCUT2D eigenvalue weighted by atomic mass is 10.2. The Kier molecular flexibility index (Phi) is 5.69. The summed E-state index contributed by atoms with van der Waals surface area (Å²) in [7, 11) is 0. The first-order chi connectivity index (χ1) is 12.9. The number of nitrogens with one attached hydrogen (secondary N) is 2. The van der Waals surface area contributed by atoms with Gasteiger partial charge in [-0.1, -0.05) is 40.9 Å². The van der Waals surface area contributed by atoms with Crippen LogP contribution in [0.1, 0.15) is 5.56 Å². The second-order valence-electron chi connectivity index (χ2n) is 5.73. The highest BCUT2D eigenvalue weighted by Crippen LogP contribution is 2.32. The first-order valence-electron chi connectivity index (χ1n) is 7.94. The molecule has 2 aromatic carbocycles. The van der Waals surface area contributed by atoms with Crippen LogP contribution in [-0.4, -0.2) is 11.0 Å². The van der Waals surface area contributed by atoms with Crippen LogP contribution in [0.15, 0.2) is 54.7 Å².